The van der Waals surface area contributed by atoms with E-state index >= 15 is 0 Å². The third-order valence-corrected chi connectivity index (χ3v) is 9.12. The van der Waals surface area contributed by atoms with Crippen molar-refractivity contribution in [1.29, 1.82) is 0 Å². The van der Waals surface area contributed by atoms with Gasteiger partial charge in [0.1, 0.15) is 11.7 Å². The summed E-state index contributed by atoms with van der Waals surface area (Å²) in [6.45, 7) is 0. The van der Waals surface area contributed by atoms with E-state index in [9.17, 15) is 19.8 Å². The van der Waals surface area contributed by atoms with E-state index in [2.05, 4.69) is 11.1 Å². The molecule has 0 radical (unpaired) electrons. The van der Waals surface area contributed by atoms with Gasteiger partial charge in [0.15, 0.2) is 0 Å². The number of nitrogens with one attached hydrogen (secondary N) is 1. The van der Waals surface area contributed by atoms with Gasteiger partial charge < -0.3 is 15.2 Å². The molecule has 222 valence electrons. The van der Waals surface area contributed by atoms with Crippen molar-refractivity contribution in [3.05, 3.63) is 147 Å². The van der Waals surface area contributed by atoms with Crippen LogP contribution in [0.25, 0.3) is 44.3 Å². The summed E-state index contributed by atoms with van der Waals surface area (Å²) in [4.78, 5) is 28.9. The summed E-state index contributed by atoms with van der Waals surface area (Å²) >= 11 is 6.68. The van der Waals surface area contributed by atoms with Crippen molar-refractivity contribution < 1.29 is 15.0 Å². The molecule has 6 heteroatoms. The minimum atomic E-state index is -0.934. The van der Waals surface area contributed by atoms with E-state index in [-0.39, 0.29) is 11.3 Å². The second kappa shape index (κ2) is 11.8. The quantitative estimate of drug-likeness (QED) is 0.175. The first-order chi connectivity index (χ1) is 21.9. The maximum Gasteiger partial charge on any atom is 0.315 e. The van der Waals surface area contributed by atoms with Gasteiger partial charge in [0.05, 0.1) is 5.02 Å². The Labute approximate surface area is 265 Å². The van der Waals surface area contributed by atoms with E-state index < -0.39 is 11.9 Å². The molecule has 0 saturated carbocycles. The summed E-state index contributed by atoms with van der Waals surface area (Å²) < 4.78 is 0. The third kappa shape index (κ3) is 5.52. The van der Waals surface area contributed by atoms with E-state index in [0.29, 0.717) is 32.8 Å². The highest BCUT2D eigenvalue weighted by Crippen LogP contribution is 2.38. The summed E-state index contributed by atoms with van der Waals surface area (Å²) in [5, 5.41) is 22.4. The molecular weight excluding hydrogens is 582 g/mol. The average Bonchev–Trinajstić information content (AvgIpc) is 3.04. The molecule has 0 fully saturated rings. The summed E-state index contributed by atoms with van der Waals surface area (Å²) in [5.41, 5.74) is 8.30. The lowest BCUT2D eigenvalue weighted by Gasteiger charge is -2.20. The fraction of sp³-hybridized carbons (Fsp3) is 0.128. The molecule has 0 saturated heterocycles. The van der Waals surface area contributed by atoms with Crippen LogP contribution < -0.4 is 5.56 Å². The normalized spacial score (nSPS) is 13.4. The van der Waals surface area contributed by atoms with E-state index in [0.717, 1.165) is 53.3 Å². The first-order valence-electron chi connectivity index (χ1n) is 15.1. The smallest absolute Gasteiger partial charge is 0.315 e. The van der Waals surface area contributed by atoms with Crippen LogP contribution >= 0.6 is 11.6 Å². The molecule has 1 aliphatic carbocycles. The maximum absolute atomic E-state index is 13.3. The van der Waals surface area contributed by atoms with E-state index in [1.807, 2.05) is 66.7 Å². The van der Waals surface area contributed by atoms with E-state index in [1.165, 1.54) is 11.1 Å². The number of aromatic amines is 1. The monoisotopic (exact) mass is 611 g/mol. The molecule has 1 atom stereocenters. The van der Waals surface area contributed by atoms with Crippen LogP contribution in [0.4, 0.5) is 0 Å². The SMILES string of the molecule is O=C(O)C(c1cccc(-c2cc3cc(-c4ccc(-c5ccccc5)c(O)c4)c(Cl)cc3[nH]c2=O)c1)c1ccc2c(c1)CCCC2. The minimum Gasteiger partial charge on any atom is -0.507 e. The second-order valence-electron chi connectivity index (χ2n) is 11.7. The van der Waals surface area contributed by atoms with Crippen LogP contribution in [0, 0.1) is 0 Å². The highest BCUT2D eigenvalue weighted by atomic mass is 35.5. The zero-order chi connectivity index (χ0) is 31.1. The Hall–Kier alpha value is -5.13. The zero-order valence-corrected chi connectivity index (χ0v) is 25.1. The van der Waals surface area contributed by atoms with Crippen LogP contribution in [0.15, 0.2) is 114 Å². The van der Waals surface area contributed by atoms with Crippen molar-refractivity contribution in [3.63, 3.8) is 0 Å². The number of benzene rings is 5. The number of H-pyrrole nitrogens is 1. The standard InChI is InChI=1S/C39H30ClNO4/c40-34-22-35-30(19-32(34)27-15-16-31(36(42)21-27)24-8-2-1-3-9-24)20-33(38(43)41-35)26-11-6-12-28(18-26)37(39(44)45)29-14-13-23-7-4-5-10-25(23)17-29/h1-3,6,8-9,11-22,37,42H,4-5,7,10H2,(H,41,43)(H,44,45). The van der Waals surface area contributed by atoms with Gasteiger partial charge in [-0.25, -0.2) is 0 Å². The largest absolute Gasteiger partial charge is 0.507 e. The van der Waals surface area contributed by atoms with Crippen molar-refractivity contribution in [2.75, 3.05) is 0 Å². The maximum atomic E-state index is 13.3. The van der Waals surface area contributed by atoms with Gasteiger partial charge in [0.25, 0.3) is 5.56 Å². The van der Waals surface area contributed by atoms with Gasteiger partial charge in [-0.1, -0.05) is 90.5 Å². The molecule has 0 amide bonds. The lowest BCUT2D eigenvalue weighted by Crippen LogP contribution is -2.15. The van der Waals surface area contributed by atoms with Crippen molar-refractivity contribution in [1.82, 2.24) is 4.98 Å². The summed E-state index contributed by atoms with van der Waals surface area (Å²) in [6.07, 6.45) is 4.26. The number of carboxylic acid groups (broad SMARTS) is 1. The molecule has 1 unspecified atom stereocenters. The molecule has 0 spiro atoms. The third-order valence-electron chi connectivity index (χ3n) is 8.81. The van der Waals surface area contributed by atoms with E-state index in [4.69, 9.17) is 11.6 Å². The predicted octanol–water partition coefficient (Wildman–Crippen LogP) is 8.98. The van der Waals surface area contributed by atoms with Crippen molar-refractivity contribution in [3.8, 4) is 39.1 Å². The van der Waals surface area contributed by atoms with Crippen LogP contribution in [-0.4, -0.2) is 21.2 Å². The molecule has 5 nitrogen and oxygen atoms in total. The molecule has 45 heavy (non-hydrogen) atoms. The average molecular weight is 612 g/mol. The fourth-order valence-corrected chi connectivity index (χ4v) is 6.79. The number of halogens is 1. The predicted molar refractivity (Wildman–Crippen MR) is 180 cm³/mol. The summed E-state index contributed by atoms with van der Waals surface area (Å²) in [5.74, 6) is -1.65. The summed E-state index contributed by atoms with van der Waals surface area (Å²) in [6, 6.07) is 33.8. The van der Waals surface area contributed by atoms with Crippen LogP contribution in [0.5, 0.6) is 5.75 Å². The van der Waals surface area contributed by atoms with Gasteiger partial charge in [0, 0.05) is 22.2 Å². The van der Waals surface area contributed by atoms with Gasteiger partial charge >= 0.3 is 5.97 Å². The lowest BCUT2D eigenvalue weighted by molar-refractivity contribution is -0.137. The Bertz CT molecular complexity index is 2150. The Morgan fingerprint density at radius 3 is 2.18 bits per heavy atom. The van der Waals surface area contributed by atoms with Gasteiger partial charge in [0.2, 0.25) is 0 Å². The molecule has 0 aliphatic heterocycles. The van der Waals surface area contributed by atoms with Gasteiger partial charge in [-0.2, -0.15) is 0 Å². The number of aromatic hydroxyl groups is 1. The molecule has 1 aromatic heterocycles. The Kier molecular flexibility index (Phi) is 7.48. The molecule has 6 aromatic rings. The summed E-state index contributed by atoms with van der Waals surface area (Å²) in [7, 11) is 0. The van der Waals surface area contributed by atoms with Crippen LogP contribution in [0.1, 0.15) is 41.0 Å². The molecule has 5 aromatic carbocycles. The fourth-order valence-electron chi connectivity index (χ4n) is 6.52. The molecule has 1 aliphatic rings. The van der Waals surface area contributed by atoms with Gasteiger partial charge in [-0.15, -0.1) is 0 Å². The number of carbonyl (C=O) groups is 1. The Balaban J connectivity index is 1.27. The first-order valence-corrected chi connectivity index (χ1v) is 15.4. The second-order valence-corrected chi connectivity index (χ2v) is 12.1. The molecule has 1 heterocycles. The number of carboxylic acids is 1. The topological polar surface area (TPSA) is 90.4 Å². The van der Waals surface area contributed by atoms with Crippen molar-refractivity contribution >= 4 is 28.5 Å². The number of aryl methyl sites for hydroxylation is 2. The number of aromatic nitrogens is 1. The molecular formula is C39H30ClNO4. The van der Waals surface area contributed by atoms with E-state index in [1.54, 1.807) is 36.4 Å². The van der Waals surface area contributed by atoms with Crippen molar-refractivity contribution in [2.24, 2.45) is 0 Å². The number of fused-ring (bicyclic) bond motifs is 2. The molecule has 0 bridgehead atoms. The lowest BCUT2D eigenvalue weighted by atomic mass is 9.84. The van der Waals surface area contributed by atoms with Crippen molar-refractivity contribution in [2.45, 2.75) is 31.6 Å². The van der Waals surface area contributed by atoms with Gasteiger partial charge in [-0.05, 0) is 100 Å². The zero-order valence-electron chi connectivity index (χ0n) is 24.4. The highest BCUT2D eigenvalue weighted by Gasteiger charge is 2.24. The number of phenols is 1. The molecule has 7 rings (SSSR count). The number of aliphatic carboxylic acids is 1. The van der Waals surface area contributed by atoms with Gasteiger partial charge in [-0.3, -0.25) is 9.59 Å². The number of phenolic OH excluding ortho intramolecular Hbond substituents is 1. The number of hydrogen-bond donors (Lipinski definition) is 3. The molecule has 3 N–H and O–H groups in total. The van der Waals surface area contributed by atoms with Crippen LogP contribution in [0.2, 0.25) is 5.02 Å². The van der Waals surface area contributed by atoms with Crippen LogP contribution in [0.3, 0.4) is 0 Å². The number of hydrogen-bond acceptors (Lipinski definition) is 3. The highest BCUT2D eigenvalue weighted by molar-refractivity contribution is 6.34. The minimum absolute atomic E-state index is 0.140. The Morgan fingerprint density at radius 2 is 1.40 bits per heavy atom. The first kappa shape index (κ1) is 28.6. The van der Waals surface area contributed by atoms with Crippen LogP contribution in [-0.2, 0) is 17.6 Å². The number of rotatable bonds is 6. The Morgan fingerprint density at radius 1 is 0.689 bits per heavy atom. The number of pyridine rings is 1.